The van der Waals surface area contributed by atoms with Crippen LogP contribution in [0.1, 0.15) is 90.9 Å². The molecule has 0 atom stereocenters. The van der Waals surface area contributed by atoms with Gasteiger partial charge in [-0.25, -0.2) is 4.99 Å². The number of carbonyl (C=O) groups is 1. The summed E-state index contributed by atoms with van der Waals surface area (Å²) >= 11 is 0. The van der Waals surface area contributed by atoms with Crippen LogP contribution in [0.15, 0.2) is 4.99 Å². The second-order valence-electron chi connectivity index (χ2n) is 5.07. The average molecular weight is 253 g/mol. The Bertz CT molecular complexity index is 211. The minimum atomic E-state index is 0.0615. The molecule has 0 aromatic heterocycles. The third-order valence-electron chi connectivity index (χ3n) is 3.15. The maximum Gasteiger partial charge on any atom is 0.245 e. The molecule has 0 saturated carbocycles. The summed E-state index contributed by atoms with van der Waals surface area (Å²) in [4.78, 5) is 15.2. The van der Waals surface area contributed by atoms with Gasteiger partial charge in [-0.1, -0.05) is 71.6 Å². The number of amides is 1. The molecule has 0 saturated heterocycles. The van der Waals surface area contributed by atoms with Gasteiger partial charge in [-0.2, -0.15) is 0 Å². The van der Waals surface area contributed by atoms with Crippen LogP contribution in [0, 0.1) is 0 Å². The molecular weight excluding hydrogens is 222 g/mol. The minimum Gasteiger partial charge on any atom is -0.273 e. The summed E-state index contributed by atoms with van der Waals surface area (Å²) in [6.07, 6.45) is 16.0. The fraction of sp³-hybridized carbons (Fsp3) is 0.875. The Morgan fingerprint density at radius 2 is 1.39 bits per heavy atom. The predicted octanol–water partition coefficient (Wildman–Crippen LogP) is 5.30. The van der Waals surface area contributed by atoms with Crippen LogP contribution in [0.3, 0.4) is 0 Å². The van der Waals surface area contributed by atoms with Crippen molar-refractivity contribution in [2.24, 2.45) is 4.99 Å². The molecule has 0 aromatic rings. The molecule has 0 aromatic carbocycles. The van der Waals surface area contributed by atoms with Crippen LogP contribution in [0.2, 0.25) is 0 Å². The molecule has 2 heteroatoms. The maximum atomic E-state index is 11.3. The Morgan fingerprint density at radius 3 is 1.94 bits per heavy atom. The van der Waals surface area contributed by atoms with E-state index in [2.05, 4.69) is 18.8 Å². The molecule has 1 amide bonds. The highest BCUT2D eigenvalue weighted by Crippen LogP contribution is 2.10. The van der Waals surface area contributed by atoms with Gasteiger partial charge in [0.2, 0.25) is 5.91 Å². The van der Waals surface area contributed by atoms with Crippen molar-refractivity contribution in [3.63, 3.8) is 0 Å². The van der Waals surface area contributed by atoms with Gasteiger partial charge in [-0.05, 0) is 12.8 Å². The predicted molar refractivity (Wildman–Crippen MR) is 80.3 cm³/mol. The van der Waals surface area contributed by atoms with Gasteiger partial charge in [0, 0.05) is 12.6 Å². The van der Waals surface area contributed by atoms with E-state index in [0.29, 0.717) is 6.42 Å². The molecule has 0 N–H and O–H groups in total. The highest BCUT2D eigenvalue weighted by atomic mass is 16.1. The van der Waals surface area contributed by atoms with Gasteiger partial charge in [-0.3, -0.25) is 4.79 Å². The number of unbranched alkanes of at least 4 members (excludes halogenated alkanes) is 9. The SMILES string of the molecule is CCCC=NC(=O)CCCCCCCCCCC. The lowest BCUT2D eigenvalue weighted by atomic mass is 10.1. The van der Waals surface area contributed by atoms with Crippen LogP contribution >= 0.6 is 0 Å². The largest absolute Gasteiger partial charge is 0.273 e. The molecule has 0 bridgehead atoms. The standard InChI is InChI=1S/C16H31NO/c1-3-5-7-8-9-10-11-12-13-14-16(18)17-15-6-4-2/h15H,3-14H2,1-2H3. The second-order valence-corrected chi connectivity index (χ2v) is 5.07. The molecule has 0 aliphatic heterocycles. The van der Waals surface area contributed by atoms with Crippen LogP contribution in [-0.2, 0) is 4.79 Å². The van der Waals surface area contributed by atoms with E-state index in [4.69, 9.17) is 0 Å². The van der Waals surface area contributed by atoms with Gasteiger partial charge in [0.25, 0.3) is 0 Å². The molecule has 0 rings (SSSR count). The van der Waals surface area contributed by atoms with Crippen LogP contribution in [0.4, 0.5) is 0 Å². The Kier molecular flexibility index (Phi) is 13.9. The van der Waals surface area contributed by atoms with Crippen molar-refractivity contribution in [3.8, 4) is 0 Å². The first kappa shape index (κ1) is 17.3. The monoisotopic (exact) mass is 253 g/mol. The zero-order valence-corrected chi connectivity index (χ0v) is 12.4. The van der Waals surface area contributed by atoms with E-state index in [0.717, 1.165) is 19.3 Å². The summed E-state index contributed by atoms with van der Waals surface area (Å²) in [5.41, 5.74) is 0. The summed E-state index contributed by atoms with van der Waals surface area (Å²) < 4.78 is 0. The molecule has 0 unspecified atom stereocenters. The first-order chi connectivity index (χ1) is 8.81. The van der Waals surface area contributed by atoms with Crippen molar-refractivity contribution in [1.29, 1.82) is 0 Å². The summed E-state index contributed by atoms with van der Waals surface area (Å²) in [7, 11) is 0. The van der Waals surface area contributed by atoms with Gasteiger partial charge in [-0.15, -0.1) is 0 Å². The molecular formula is C16H31NO. The zero-order valence-electron chi connectivity index (χ0n) is 12.4. The molecule has 2 nitrogen and oxygen atoms in total. The Hall–Kier alpha value is -0.660. The number of aliphatic imine (C=N–C) groups is 1. The number of carbonyl (C=O) groups excluding carboxylic acids is 1. The van der Waals surface area contributed by atoms with Crippen molar-refractivity contribution in [2.75, 3.05) is 0 Å². The highest BCUT2D eigenvalue weighted by molar-refractivity contribution is 5.84. The molecule has 0 heterocycles. The van der Waals surface area contributed by atoms with E-state index < -0.39 is 0 Å². The Balaban J connectivity index is 3.17. The third kappa shape index (κ3) is 13.4. The fourth-order valence-electron chi connectivity index (χ4n) is 1.95. The van der Waals surface area contributed by atoms with E-state index in [1.54, 1.807) is 6.21 Å². The molecule has 0 spiro atoms. The van der Waals surface area contributed by atoms with Gasteiger partial charge in [0.05, 0.1) is 0 Å². The quantitative estimate of drug-likeness (QED) is 0.342. The lowest BCUT2D eigenvalue weighted by molar-refractivity contribution is -0.117. The van der Waals surface area contributed by atoms with E-state index in [1.807, 2.05) is 0 Å². The Labute approximate surface area is 113 Å². The van der Waals surface area contributed by atoms with E-state index in [9.17, 15) is 4.79 Å². The maximum absolute atomic E-state index is 11.3. The number of rotatable bonds is 12. The molecule has 18 heavy (non-hydrogen) atoms. The van der Waals surface area contributed by atoms with Crippen molar-refractivity contribution >= 4 is 12.1 Å². The van der Waals surface area contributed by atoms with Gasteiger partial charge >= 0.3 is 0 Å². The van der Waals surface area contributed by atoms with Crippen molar-refractivity contribution < 1.29 is 4.79 Å². The van der Waals surface area contributed by atoms with Gasteiger partial charge in [0.15, 0.2) is 0 Å². The summed E-state index contributed by atoms with van der Waals surface area (Å²) in [6, 6.07) is 0. The molecule has 106 valence electrons. The van der Waals surface area contributed by atoms with E-state index in [-0.39, 0.29) is 5.91 Å². The lowest BCUT2D eigenvalue weighted by Crippen LogP contribution is -1.93. The normalized spacial score (nSPS) is 11.2. The summed E-state index contributed by atoms with van der Waals surface area (Å²) in [5.74, 6) is 0.0615. The van der Waals surface area contributed by atoms with Crippen LogP contribution in [0.25, 0.3) is 0 Å². The van der Waals surface area contributed by atoms with Crippen LogP contribution in [0.5, 0.6) is 0 Å². The fourth-order valence-corrected chi connectivity index (χ4v) is 1.95. The number of nitrogens with zero attached hydrogens (tertiary/aromatic N) is 1. The molecule has 0 fully saturated rings. The van der Waals surface area contributed by atoms with Crippen molar-refractivity contribution in [2.45, 2.75) is 90.9 Å². The second kappa shape index (κ2) is 14.4. The van der Waals surface area contributed by atoms with E-state index in [1.165, 1.54) is 51.4 Å². The van der Waals surface area contributed by atoms with Gasteiger partial charge in [0.1, 0.15) is 0 Å². The first-order valence-corrected chi connectivity index (χ1v) is 7.86. The van der Waals surface area contributed by atoms with E-state index >= 15 is 0 Å². The number of hydrogen-bond acceptors (Lipinski definition) is 1. The summed E-state index contributed by atoms with van der Waals surface area (Å²) in [6.45, 7) is 4.34. The smallest absolute Gasteiger partial charge is 0.245 e. The van der Waals surface area contributed by atoms with Crippen LogP contribution < -0.4 is 0 Å². The third-order valence-corrected chi connectivity index (χ3v) is 3.15. The highest BCUT2D eigenvalue weighted by Gasteiger charge is 1.97. The van der Waals surface area contributed by atoms with Gasteiger partial charge < -0.3 is 0 Å². The zero-order chi connectivity index (χ0) is 13.5. The minimum absolute atomic E-state index is 0.0615. The Morgan fingerprint density at radius 1 is 0.833 bits per heavy atom. The molecule has 0 aliphatic rings. The topological polar surface area (TPSA) is 29.4 Å². The van der Waals surface area contributed by atoms with Crippen molar-refractivity contribution in [3.05, 3.63) is 0 Å². The first-order valence-electron chi connectivity index (χ1n) is 7.86. The average Bonchev–Trinajstić information content (AvgIpc) is 2.37. The van der Waals surface area contributed by atoms with Crippen LogP contribution in [-0.4, -0.2) is 12.1 Å². The molecule has 0 radical (unpaired) electrons. The number of hydrogen-bond donors (Lipinski definition) is 0. The van der Waals surface area contributed by atoms with Crippen molar-refractivity contribution in [1.82, 2.24) is 0 Å². The summed E-state index contributed by atoms with van der Waals surface area (Å²) in [5, 5.41) is 0. The molecule has 0 aliphatic carbocycles. The lowest BCUT2D eigenvalue weighted by Gasteiger charge is -2.00.